The van der Waals surface area contributed by atoms with Crippen LogP contribution in [0.2, 0.25) is 0 Å². The van der Waals surface area contributed by atoms with E-state index in [2.05, 4.69) is 19.9 Å². The van der Waals surface area contributed by atoms with Crippen LogP contribution in [-0.4, -0.2) is 16.3 Å². The Hall–Kier alpha value is -0.420. The van der Waals surface area contributed by atoms with Gasteiger partial charge >= 0.3 is 0 Å². The minimum Gasteiger partial charge on any atom is -0.192 e. The summed E-state index contributed by atoms with van der Waals surface area (Å²) in [6.45, 7) is 4.46. The Morgan fingerprint density at radius 1 is 1.29 bits per heavy atom. The molecule has 2 aliphatic heterocycles. The van der Waals surface area contributed by atoms with E-state index in [-0.39, 0.29) is 4.75 Å². The van der Waals surface area contributed by atoms with Crippen molar-refractivity contribution >= 4 is 10.9 Å². The number of nitriles is 1. The van der Waals surface area contributed by atoms with Crippen LogP contribution in [0.5, 0.6) is 0 Å². The van der Waals surface area contributed by atoms with Gasteiger partial charge in [-0.15, -0.1) is 0 Å². The van der Waals surface area contributed by atoms with Gasteiger partial charge in [0.15, 0.2) is 0 Å². The van der Waals surface area contributed by atoms with Crippen molar-refractivity contribution in [3.63, 3.8) is 0 Å². The molecule has 1 nitrogen and oxygen atoms in total. The highest BCUT2D eigenvalue weighted by molar-refractivity contribution is 7.98. The summed E-state index contributed by atoms with van der Waals surface area (Å²) in [5, 5.41) is 9.42. The second kappa shape index (κ2) is 3.62. The van der Waals surface area contributed by atoms with Crippen molar-refractivity contribution in [1.29, 1.82) is 5.26 Å². The number of hydrogen-bond donors (Lipinski definition) is 0. The fourth-order valence-corrected chi connectivity index (χ4v) is 5.67. The zero-order valence-electron chi connectivity index (χ0n) is 9.10. The standard InChI is InChI=1S/C12H18NS/c1-10-7-12(9-13)5-3-4-6-14(12)8-11(10)2/h3-8H2,1-2H3/q+1. The van der Waals surface area contributed by atoms with Gasteiger partial charge in [0.05, 0.1) is 0 Å². The van der Waals surface area contributed by atoms with Gasteiger partial charge in [-0.05, 0) is 32.3 Å². The van der Waals surface area contributed by atoms with E-state index in [0.29, 0.717) is 10.9 Å². The van der Waals surface area contributed by atoms with E-state index in [9.17, 15) is 5.26 Å². The quantitative estimate of drug-likeness (QED) is 0.443. The predicted octanol–water partition coefficient (Wildman–Crippen LogP) is 2.79. The van der Waals surface area contributed by atoms with Crippen LogP contribution >= 0.6 is 0 Å². The molecule has 2 heterocycles. The minimum absolute atomic E-state index is 0.0435. The van der Waals surface area contributed by atoms with Crippen molar-refractivity contribution in [3.8, 4) is 6.07 Å². The molecule has 2 rings (SSSR count). The van der Waals surface area contributed by atoms with Gasteiger partial charge in [-0.2, -0.15) is 5.26 Å². The zero-order valence-corrected chi connectivity index (χ0v) is 9.91. The third-order valence-electron chi connectivity index (χ3n) is 3.65. The Kier molecular flexibility index (Phi) is 2.62. The lowest BCUT2D eigenvalue weighted by molar-refractivity contribution is 0.565. The summed E-state index contributed by atoms with van der Waals surface area (Å²) in [7, 11) is 0.369. The third kappa shape index (κ3) is 1.48. The fourth-order valence-electron chi connectivity index (χ4n) is 2.55. The average molecular weight is 208 g/mol. The molecule has 0 N–H and O–H groups in total. The first-order chi connectivity index (χ1) is 6.68. The van der Waals surface area contributed by atoms with Crippen LogP contribution in [0.15, 0.2) is 11.1 Å². The number of hydrogen-bond acceptors (Lipinski definition) is 1. The Labute approximate surface area is 89.5 Å². The van der Waals surface area contributed by atoms with Gasteiger partial charge in [0.1, 0.15) is 17.6 Å². The topological polar surface area (TPSA) is 23.8 Å². The molecule has 76 valence electrons. The second-order valence-electron chi connectivity index (χ2n) is 4.64. The van der Waals surface area contributed by atoms with Crippen molar-refractivity contribution in [2.45, 2.75) is 44.3 Å². The maximum Gasteiger partial charge on any atom is 0.216 e. The Morgan fingerprint density at radius 2 is 2.07 bits per heavy atom. The summed E-state index contributed by atoms with van der Waals surface area (Å²) in [5.74, 6) is 2.51. The molecule has 0 radical (unpaired) electrons. The third-order valence-corrected chi connectivity index (χ3v) is 6.76. The lowest BCUT2D eigenvalue weighted by atomic mass is 9.92. The van der Waals surface area contributed by atoms with Gasteiger partial charge in [-0.25, -0.2) is 0 Å². The van der Waals surface area contributed by atoms with E-state index in [0.717, 1.165) is 12.8 Å². The Balaban J connectivity index is 2.31. The van der Waals surface area contributed by atoms with Gasteiger partial charge in [0, 0.05) is 23.7 Å². The maximum absolute atomic E-state index is 9.42. The molecule has 2 atom stereocenters. The molecule has 14 heavy (non-hydrogen) atoms. The minimum atomic E-state index is 0.0435. The van der Waals surface area contributed by atoms with E-state index in [4.69, 9.17) is 0 Å². The summed E-state index contributed by atoms with van der Waals surface area (Å²) < 4.78 is 0.0435. The van der Waals surface area contributed by atoms with E-state index < -0.39 is 0 Å². The molecule has 1 fully saturated rings. The van der Waals surface area contributed by atoms with Gasteiger partial charge in [0.2, 0.25) is 4.75 Å². The SMILES string of the molecule is CC1=C(C)CC2(C#N)CCCC[S+]2C1. The van der Waals surface area contributed by atoms with Crippen LogP contribution in [0.25, 0.3) is 0 Å². The molecule has 0 aromatic heterocycles. The smallest absolute Gasteiger partial charge is 0.192 e. The lowest BCUT2D eigenvalue weighted by Crippen LogP contribution is -2.46. The maximum atomic E-state index is 9.42. The summed E-state index contributed by atoms with van der Waals surface area (Å²) >= 11 is 0. The number of allylic oxidation sites excluding steroid dienone is 1. The summed E-state index contributed by atoms with van der Waals surface area (Å²) in [6.07, 6.45) is 4.82. The molecular weight excluding hydrogens is 190 g/mol. The van der Waals surface area contributed by atoms with E-state index >= 15 is 0 Å². The van der Waals surface area contributed by atoms with Gasteiger partial charge < -0.3 is 0 Å². The molecule has 0 spiro atoms. The van der Waals surface area contributed by atoms with Crippen molar-refractivity contribution < 1.29 is 0 Å². The fraction of sp³-hybridized carbons (Fsp3) is 0.750. The van der Waals surface area contributed by atoms with Crippen molar-refractivity contribution in [1.82, 2.24) is 0 Å². The number of fused-ring (bicyclic) bond motifs is 1. The lowest BCUT2D eigenvalue weighted by Gasteiger charge is -2.35. The Bertz CT molecular complexity index is 313. The first kappa shape index (κ1) is 10.1. The summed E-state index contributed by atoms with van der Waals surface area (Å²) in [6, 6.07) is 2.65. The molecule has 2 aliphatic rings. The number of nitrogens with zero attached hydrogens (tertiary/aromatic N) is 1. The van der Waals surface area contributed by atoms with Crippen LogP contribution in [0, 0.1) is 11.3 Å². The van der Waals surface area contributed by atoms with Crippen molar-refractivity contribution in [3.05, 3.63) is 11.1 Å². The van der Waals surface area contributed by atoms with E-state index in [1.165, 1.54) is 29.9 Å². The van der Waals surface area contributed by atoms with Crippen molar-refractivity contribution in [2.24, 2.45) is 0 Å². The molecule has 0 amide bonds. The highest BCUT2D eigenvalue weighted by Crippen LogP contribution is 2.42. The largest absolute Gasteiger partial charge is 0.216 e. The Morgan fingerprint density at radius 3 is 2.79 bits per heavy atom. The summed E-state index contributed by atoms with van der Waals surface area (Å²) in [5.41, 5.74) is 3.04. The van der Waals surface area contributed by atoms with Crippen molar-refractivity contribution in [2.75, 3.05) is 11.5 Å². The molecule has 2 heteroatoms. The summed E-state index contributed by atoms with van der Waals surface area (Å²) in [4.78, 5) is 0. The van der Waals surface area contributed by atoms with Gasteiger partial charge in [-0.1, -0.05) is 5.57 Å². The predicted molar refractivity (Wildman–Crippen MR) is 62.3 cm³/mol. The van der Waals surface area contributed by atoms with Crippen LogP contribution in [0.1, 0.15) is 39.5 Å². The van der Waals surface area contributed by atoms with Crippen LogP contribution in [-0.2, 0) is 10.9 Å². The molecule has 0 aliphatic carbocycles. The normalized spacial score (nSPS) is 37.6. The van der Waals surface area contributed by atoms with Gasteiger partial charge in [0.25, 0.3) is 0 Å². The molecule has 0 aromatic rings. The second-order valence-corrected chi connectivity index (χ2v) is 7.11. The molecule has 1 saturated heterocycles. The number of rotatable bonds is 0. The zero-order chi connectivity index (χ0) is 10.2. The van der Waals surface area contributed by atoms with Crippen LogP contribution < -0.4 is 0 Å². The highest BCUT2D eigenvalue weighted by Gasteiger charge is 2.52. The van der Waals surface area contributed by atoms with Crippen LogP contribution in [0.3, 0.4) is 0 Å². The van der Waals surface area contributed by atoms with Gasteiger partial charge in [-0.3, -0.25) is 0 Å². The molecule has 0 bridgehead atoms. The molecular formula is C12H18NS+. The van der Waals surface area contributed by atoms with E-state index in [1.54, 1.807) is 5.57 Å². The highest BCUT2D eigenvalue weighted by atomic mass is 32.2. The first-order valence-electron chi connectivity index (χ1n) is 5.42. The molecule has 0 saturated carbocycles. The monoisotopic (exact) mass is 208 g/mol. The van der Waals surface area contributed by atoms with Crippen LogP contribution in [0.4, 0.5) is 0 Å². The molecule has 2 unspecified atom stereocenters. The molecule has 0 aromatic carbocycles. The first-order valence-corrected chi connectivity index (χ1v) is 6.98. The van der Waals surface area contributed by atoms with E-state index in [1.807, 2.05) is 0 Å². The average Bonchev–Trinajstić information content (AvgIpc) is 2.20.